The highest BCUT2D eigenvalue weighted by Crippen LogP contribution is 2.44. The van der Waals surface area contributed by atoms with E-state index in [2.05, 4.69) is 9.97 Å². The number of rotatable bonds is 19. The third-order valence-electron chi connectivity index (χ3n) is 21.7. The average molecular weight is 1900 g/mol. The van der Waals surface area contributed by atoms with E-state index in [0.717, 1.165) is 63.1 Å². The van der Waals surface area contributed by atoms with Crippen LogP contribution < -0.4 is 63.7 Å². The summed E-state index contributed by atoms with van der Waals surface area (Å²) in [6.07, 6.45) is 0. The monoisotopic (exact) mass is 1900 g/mol. The number of methoxy groups -OCH3 is 4. The van der Waals surface area contributed by atoms with Crippen LogP contribution in [0.4, 0.5) is 4.39 Å². The molecule has 135 heavy (non-hydrogen) atoms. The number of hydrogen-bond acceptors (Lipinski definition) is 26. The number of ether oxygens (including phenoxy) is 4. The summed E-state index contributed by atoms with van der Waals surface area (Å²) in [4.78, 5) is 116. The average Bonchev–Trinajstić information content (AvgIpc) is 0.745. The molecule has 0 aliphatic rings. The number of aromatic nitrogens is 6. The molecule has 9 heterocycles. The van der Waals surface area contributed by atoms with E-state index in [1.54, 1.807) is 170 Å². The molecule has 9 aromatic heterocycles. The summed E-state index contributed by atoms with van der Waals surface area (Å²) in [5.74, 6) is 0.0104. The maximum atomic E-state index is 13.7. The van der Waals surface area contributed by atoms with Crippen LogP contribution in [-0.4, -0.2) is 77.1 Å². The second-order valence-electron chi connectivity index (χ2n) is 30.3. The van der Waals surface area contributed by atoms with Crippen molar-refractivity contribution in [2.75, 3.05) is 28.4 Å². The minimum Gasteiger partial charge on any atom is -0.505 e. The van der Waals surface area contributed by atoms with Crippen LogP contribution in [0.25, 0.3) is 93.2 Å². The Balaban J connectivity index is 0.000000125. The standard InChI is InChI=1S/C27H21NO6S.C26H18ClNO5S.C26H20FN3O5S.C24H15NO4S/c1-32-17-9-6-10-19(13-17)35-25-23(29)22-24(34-27(25)31)20-14-18(33-2)11-12-21(20)28(26(22)30)15-16-7-4-3-5-8-16;1-32-17-10-11-20-19(13-17)23-21(25(30)28(20)14-15-6-3-2-4-7-15)22(29)24(26(31)33-23)34-18-9-5-8-16(27)12-18;1-13-10-14(2)29-26(28-13)36-23-21(31)20-22(35-25(23)33)18-11-17(34-3)8-9-19(18)30(24(20)32)12-15-4-6-16(27)7-5-15;26-20-19-21(29-24(28)22(20)30-16-11-5-2-6-12-16)17-13-7-8-14-18(17)25(23(19)27)15-9-3-1-4-10-15/h3-14,29H,15H2,1-2H3;2-13,29H,14H2,1H3;4-11,31H,12H2,1-3H3;1-14,26H. The largest absolute Gasteiger partial charge is 0.505 e. The Hall–Kier alpha value is -15.8. The van der Waals surface area contributed by atoms with Gasteiger partial charge in [-0.2, -0.15) is 0 Å². The van der Waals surface area contributed by atoms with Crippen molar-refractivity contribution in [3.63, 3.8) is 0 Å². The fourth-order valence-corrected chi connectivity index (χ4v) is 19.2. The fraction of sp³-hybridized carbons (Fsp3) is 0.0874. The molecule has 0 aliphatic heterocycles. The molecule has 0 fully saturated rings. The van der Waals surface area contributed by atoms with Crippen LogP contribution in [-0.2, 0) is 19.6 Å². The fourth-order valence-electron chi connectivity index (χ4n) is 15.4. The summed E-state index contributed by atoms with van der Waals surface area (Å²) in [5, 5.41) is 46.9. The molecule has 0 spiro atoms. The van der Waals surface area contributed by atoms with Gasteiger partial charge in [0.05, 0.1) is 70.1 Å². The van der Waals surface area contributed by atoms with Gasteiger partial charge in [-0.1, -0.05) is 180 Å². The Morgan fingerprint density at radius 3 is 1.10 bits per heavy atom. The van der Waals surface area contributed by atoms with Gasteiger partial charge in [0.15, 0.2) is 50.5 Å². The van der Waals surface area contributed by atoms with E-state index < -0.39 is 67.8 Å². The van der Waals surface area contributed by atoms with Crippen LogP contribution in [0.2, 0.25) is 5.02 Å². The molecule has 0 saturated heterocycles. The van der Waals surface area contributed by atoms with Gasteiger partial charge in [-0.3, -0.25) is 23.7 Å². The third-order valence-corrected chi connectivity index (χ3v) is 26.0. The Labute approximate surface area is 784 Å². The van der Waals surface area contributed by atoms with Crippen molar-refractivity contribution in [1.82, 2.24) is 28.2 Å². The first-order chi connectivity index (χ1) is 65.3. The summed E-state index contributed by atoms with van der Waals surface area (Å²) in [7, 11) is 6.08. The lowest BCUT2D eigenvalue weighted by Gasteiger charge is -2.15. The van der Waals surface area contributed by atoms with Crippen molar-refractivity contribution < 1.29 is 61.4 Å². The molecule has 0 unspecified atom stereocenters. The van der Waals surface area contributed by atoms with E-state index >= 15 is 0 Å². The van der Waals surface area contributed by atoms with Crippen LogP contribution in [0.5, 0.6) is 46.0 Å². The number of aromatic hydroxyl groups is 4. The molecular formula is C103H74ClFN6O20S4. The lowest BCUT2D eigenvalue weighted by molar-refractivity contribution is 0.413. The third kappa shape index (κ3) is 18.7. The van der Waals surface area contributed by atoms with E-state index in [1.165, 1.54) is 42.6 Å². The zero-order chi connectivity index (χ0) is 94.6. The van der Waals surface area contributed by atoms with Crippen LogP contribution in [0.3, 0.4) is 0 Å². The predicted octanol–water partition coefficient (Wildman–Crippen LogP) is 20.2. The van der Waals surface area contributed by atoms with Gasteiger partial charge in [0.1, 0.15) is 69.9 Å². The highest BCUT2D eigenvalue weighted by molar-refractivity contribution is 8.00. The smallest absolute Gasteiger partial charge is 0.354 e. The Kier molecular flexibility index (Phi) is 26.5. The summed E-state index contributed by atoms with van der Waals surface area (Å²) < 4.78 is 63.3. The molecule has 0 amide bonds. The molecule has 0 atom stereocenters. The molecule has 20 aromatic rings. The Morgan fingerprint density at radius 2 is 0.674 bits per heavy atom. The quantitative estimate of drug-likeness (QED) is 0.0431. The van der Waals surface area contributed by atoms with E-state index in [4.69, 9.17) is 48.2 Å². The molecule has 0 saturated carbocycles. The normalized spacial score (nSPS) is 11.2. The lowest BCUT2D eigenvalue weighted by atomic mass is 10.1. The van der Waals surface area contributed by atoms with Gasteiger partial charge in [-0.25, -0.2) is 33.5 Å². The Bertz CT molecular complexity index is 8580. The number of fused-ring (bicyclic) bond motifs is 12. The zero-order valence-corrected chi connectivity index (χ0v) is 76.1. The van der Waals surface area contributed by atoms with Gasteiger partial charge in [0.25, 0.3) is 22.2 Å². The summed E-state index contributed by atoms with van der Waals surface area (Å²) >= 11 is 9.95. The number of para-hydroxylation sites is 2. The Morgan fingerprint density at radius 1 is 0.333 bits per heavy atom. The summed E-state index contributed by atoms with van der Waals surface area (Å²) in [6.45, 7) is 4.21. The van der Waals surface area contributed by atoms with Crippen LogP contribution in [0.15, 0.2) is 375 Å². The first-order valence-electron chi connectivity index (χ1n) is 41.3. The number of nitrogens with zero attached hydrogens (tertiary/aromatic N) is 6. The van der Waals surface area contributed by atoms with E-state index in [-0.39, 0.29) is 94.0 Å². The SMILES string of the molecule is COc1ccc2c(c1)c1oc(=O)c(Sc3cccc(Cl)c3)c(O)c1c(=O)n2Cc1ccccc1.COc1ccc2c(c1)c1oc(=O)c(Sc3nc(C)cc(C)n3)c(O)c1c(=O)n2Cc1ccc(F)cc1.COc1cccc(Sc2c(O)c3c(=O)n(Cc4ccccc4)c4ccc(OC)cc4c3oc2=O)c1.O=c1oc2c(c(O)c1Sc1ccccc1)c(=O)n(-c1ccccc1)c1ccccc21. The molecule has 32 heteroatoms. The molecule has 674 valence electrons. The van der Waals surface area contributed by atoms with Crippen LogP contribution >= 0.6 is 58.6 Å². The van der Waals surface area contributed by atoms with Gasteiger partial charge in [0, 0.05) is 58.3 Å². The number of aryl methyl sites for hydroxylation is 2. The highest BCUT2D eigenvalue weighted by Gasteiger charge is 2.30. The number of pyridine rings is 4. The van der Waals surface area contributed by atoms with E-state index in [9.17, 15) is 63.2 Å². The molecule has 20 rings (SSSR count). The van der Waals surface area contributed by atoms with E-state index in [1.807, 2.05) is 127 Å². The molecular weight excluding hydrogens is 1820 g/mol. The van der Waals surface area contributed by atoms with Gasteiger partial charge in [-0.15, -0.1) is 0 Å². The maximum Gasteiger partial charge on any atom is 0.354 e. The minimum atomic E-state index is -0.826. The second kappa shape index (κ2) is 39.3. The predicted molar refractivity (Wildman–Crippen MR) is 520 cm³/mol. The van der Waals surface area contributed by atoms with Crippen LogP contribution in [0, 0.1) is 19.7 Å². The number of hydrogen-bond donors (Lipinski definition) is 4. The molecule has 0 aliphatic carbocycles. The van der Waals surface area contributed by atoms with Crippen molar-refractivity contribution in [1.29, 1.82) is 0 Å². The molecule has 0 bridgehead atoms. The van der Waals surface area contributed by atoms with Gasteiger partial charge >= 0.3 is 22.5 Å². The second-order valence-corrected chi connectivity index (χ2v) is 35.0. The first-order valence-corrected chi connectivity index (χ1v) is 44.9. The van der Waals surface area contributed by atoms with E-state index in [0.29, 0.717) is 104 Å². The van der Waals surface area contributed by atoms with Gasteiger partial charge in [-0.05, 0) is 188 Å². The minimum absolute atomic E-state index is 0.0132. The van der Waals surface area contributed by atoms with Gasteiger partial charge in [0.2, 0.25) is 0 Å². The summed E-state index contributed by atoms with van der Waals surface area (Å²) in [5.41, 5.74) is 1.79. The van der Waals surface area contributed by atoms with Gasteiger partial charge < -0.3 is 70.7 Å². The van der Waals surface area contributed by atoms with Crippen molar-refractivity contribution in [3.05, 3.63) is 401 Å². The topological polar surface area (TPSA) is 352 Å². The van der Waals surface area contributed by atoms with Crippen molar-refractivity contribution in [2.24, 2.45) is 0 Å². The number of benzene rings is 11. The lowest BCUT2D eigenvalue weighted by Crippen LogP contribution is -2.23. The molecule has 26 nitrogen and oxygen atoms in total. The maximum absolute atomic E-state index is 13.7. The van der Waals surface area contributed by atoms with Crippen molar-refractivity contribution >= 4 is 146 Å². The van der Waals surface area contributed by atoms with Crippen LogP contribution in [0.1, 0.15) is 28.1 Å². The molecule has 4 N–H and O–H groups in total. The van der Waals surface area contributed by atoms with Crippen molar-refractivity contribution in [2.45, 2.75) is 72.9 Å². The number of halogens is 2. The first kappa shape index (κ1) is 91.1. The highest BCUT2D eigenvalue weighted by atomic mass is 35.5. The van der Waals surface area contributed by atoms with Crippen molar-refractivity contribution in [3.8, 4) is 51.7 Å². The molecule has 0 radical (unpaired) electrons. The molecule has 11 aromatic carbocycles. The summed E-state index contributed by atoms with van der Waals surface area (Å²) in [6, 6.07) is 81.2. The zero-order valence-electron chi connectivity index (χ0n) is 72.1.